The zero-order valence-electron chi connectivity index (χ0n) is 18.3. The normalized spacial score (nSPS) is 21.0. The molecule has 0 unspecified atom stereocenters. The predicted octanol–water partition coefficient (Wildman–Crippen LogP) is 6.15. The Labute approximate surface area is 176 Å². The maximum Gasteiger partial charge on any atom is 0.311 e. The molecule has 1 fully saturated rings. The van der Waals surface area contributed by atoms with Crippen LogP contribution in [0.5, 0.6) is 0 Å². The molecule has 2 aromatic rings. The minimum atomic E-state index is -0.450. The molecule has 0 heterocycles. The Morgan fingerprint density at radius 3 is 2.21 bits per heavy atom. The van der Waals surface area contributed by atoms with Crippen LogP contribution in [0.15, 0.2) is 60.7 Å². The maximum atomic E-state index is 13.1. The molecule has 0 N–H and O–H groups in total. The van der Waals surface area contributed by atoms with E-state index in [1.54, 1.807) is 0 Å². The zero-order valence-corrected chi connectivity index (χ0v) is 18.3. The van der Waals surface area contributed by atoms with Gasteiger partial charge in [0.25, 0.3) is 0 Å². The van der Waals surface area contributed by atoms with Crippen LogP contribution in [0, 0.1) is 5.92 Å². The molecule has 3 atom stereocenters. The van der Waals surface area contributed by atoms with Crippen molar-refractivity contribution in [2.24, 2.45) is 5.92 Å². The second-order valence-electron chi connectivity index (χ2n) is 9.24. The van der Waals surface area contributed by atoms with Gasteiger partial charge in [-0.15, -0.1) is 0 Å². The second kappa shape index (κ2) is 9.58. The molecule has 0 aliphatic heterocycles. The van der Waals surface area contributed by atoms with Gasteiger partial charge in [-0.2, -0.15) is 0 Å². The molecule has 2 aromatic carbocycles. The molecule has 1 saturated carbocycles. The van der Waals surface area contributed by atoms with E-state index in [9.17, 15) is 4.79 Å². The number of ether oxygens (including phenoxy) is 1. The highest BCUT2D eigenvalue weighted by Crippen LogP contribution is 2.36. The summed E-state index contributed by atoms with van der Waals surface area (Å²) in [4.78, 5) is 15.6. The average Bonchev–Trinajstić information content (AvgIpc) is 2.72. The van der Waals surface area contributed by atoms with E-state index in [1.165, 1.54) is 11.1 Å². The van der Waals surface area contributed by atoms with Crippen molar-refractivity contribution in [3.05, 3.63) is 71.8 Å². The lowest BCUT2D eigenvalue weighted by Crippen LogP contribution is -2.47. The van der Waals surface area contributed by atoms with E-state index in [1.807, 2.05) is 20.8 Å². The Bertz CT molecular complexity index is 766. The summed E-state index contributed by atoms with van der Waals surface area (Å²) in [5.41, 5.74) is 2.12. The Morgan fingerprint density at radius 2 is 1.59 bits per heavy atom. The van der Waals surface area contributed by atoms with Gasteiger partial charge < -0.3 is 4.74 Å². The lowest BCUT2D eigenvalue weighted by Gasteiger charge is -2.43. The summed E-state index contributed by atoms with van der Waals surface area (Å²) in [6.07, 6.45) is 4.20. The van der Waals surface area contributed by atoms with Crippen molar-refractivity contribution in [3.8, 4) is 0 Å². The van der Waals surface area contributed by atoms with E-state index in [2.05, 4.69) is 72.5 Å². The Balaban J connectivity index is 1.90. The van der Waals surface area contributed by atoms with Gasteiger partial charge in [0.05, 0.1) is 5.92 Å². The number of rotatable bonds is 6. The predicted molar refractivity (Wildman–Crippen MR) is 118 cm³/mol. The number of carbonyl (C=O) groups is 1. The van der Waals surface area contributed by atoms with E-state index in [0.717, 1.165) is 32.2 Å². The third kappa shape index (κ3) is 5.93. The number of esters is 1. The molecule has 3 nitrogen and oxygen atoms in total. The summed E-state index contributed by atoms with van der Waals surface area (Å²) in [5.74, 6) is -0.113. The summed E-state index contributed by atoms with van der Waals surface area (Å²) in [5, 5.41) is 0. The first-order valence-corrected chi connectivity index (χ1v) is 10.9. The molecular weight excluding hydrogens is 358 g/mol. The van der Waals surface area contributed by atoms with E-state index < -0.39 is 5.60 Å². The second-order valence-corrected chi connectivity index (χ2v) is 9.24. The van der Waals surface area contributed by atoms with Crippen molar-refractivity contribution in [3.63, 3.8) is 0 Å². The highest BCUT2D eigenvalue weighted by atomic mass is 16.6. The van der Waals surface area contributed by atoms with Crippen LogP contribution in [-0.4, -0.2) is 22.5 Å². The molecule has 0 amide bonds. The van der Waals surface area contributed by atoms with Crippen LogP contribution in [-0.2, 0) is 16.1 Å². The Morgan fingerprint density at radius 1 is 1.00 bits per heavy atom. The smallest absolute Gasteiger partial charge is 0.311 e. The largest absolute Gasteiger partial charge is 0.460 e. The van der Waals surface area contributed by atoms with Crippen LogP contribution < -0.4 is 0 Å². The zero-order chi connectivity index (χ0) is 20.9. The first-order chi connectivity index (χ1) is 13.8. The third-order valence-electron chi connectivity index (χ3n) is 5.85. The Kier molecular flexibility index (Phi) is 7.13. The fourth-order valence-electron chi connectivity index (χ4n) is 4.42. The molecule has 156 valence electrons. The molecule has 0 saturated heterocycles. The Hall–Kier alpha value is -2.13. The number of benzene rings is 2. The first-order valence-electron chi connectivity index (χ1n) is 10.9. The molecule has 3 rings (SSSR count). The van der Waals surface area contributed by atoms with Crippen molar-refractivity contribution in [2.75, 3.05) is 0 Å². The van der Waals surface area contributed by atoms with Gasteiger partial charge in [-0.3, -0.25) is 9.69 Å². The van der Waals surface area contributed by atoms with Crippen molar-refractivity contribution >= 4 is 5.97 Å². The van der Waals surface area contributed by atoms with Gasteiger partial charge in [-0.25, -0.2) is 0 Å². The molecule has 3 heteroatoms. The minimum Gasteiger partial charge on any atom is -0.460 e. The standard InChI is InChI=1S/C26H35NO2/c1-20(22-15-9-6-10-16-22)27(19-21-13-7-5-8-14-21)24-18-12-11-17-23(24)25(28)29-26(2,3)4/h5-10,13-16,20,23-24H,11-12,17-19H2,1-4H3/t20-,23+,24-/m1/s1. The van der Waals surface area contributed by atoms with Gasteiger partial charge in [-0.05, 0) is 51.7 Å². The van der Waals surface area contributed by atoms with E-state index in [0.29, 0.717) is 0 Å². The van der Waals surface area contributed by atoms with Crippen molar-refractivity contribution in [1.29, 1.82) is 0 Å². The average molecular weight is 394 g/mol. The van der Waals surface area contributed by atoms with Gasteiger partial charge in [0.1, 0.15) is 5.60 Å². The van der Waals surface area contributed by atoms with Crippen LogP contribution in [0.4, 0.5) is 0 Å². The number of hydrogen-bond donors (Lipinski definition) is 0. The number of carbonyl (C=O) groups excluding carboxylic acids is 1. The molecule has 0 aromatic heterocycles. The molecule has 1 aliphatic rings. The lowest BCUT2D eigenvalue weighted by molar-refractivity contribution is -0.164. The summed E-state index contributed by atoms with van der Waals surface area (Å²) < 4.78 is 5.83. The van der Waals surface area contributed by atoms with Crippen molar-refractivity contribution in [2.45, 2.75) is 77.6 Å². The fraction of sp³-hybridized carbons (Fsp3) is 0.500. The first kappa shape index (κ1) is 21.6. The highest BCUT2D eigenvalue weighted by Gasteiger charge is 2.39. The van der Waals surface area contributed by atoms with Crippen LogP contribution in [0.3, 0.4) is 0 Å². The molecule has 0 spiro atoms. The molecular formula is C26H35NO2. The van der Waals surface area contributed by atoms with E-state index in [4.69, 9.17) is 4.74 Å². The quantitative estimate of drug-likeness (QED) is 0.551. The van der Waals surface area contributed by atoms with Gasteiger partial charge in [0.15, 0.2) is 0 Å². The van der Waals surface area contributed by atoms with Crippen molar-refractivity contribution in [1.82, 2.24) is 4.90 Å². The number of hydrogen-bond acceptors (Lipinski definition) is 3. The SMILES string of the molecule is C[C@H](c1ccccc1)N(Cc1ccccc1)[C@@H]1CCCC[C@@H]1C(=O)OC(C)(C)C. The summed E-state index contributed by atoms with van der Waals surface area (Å²) in [6, 6.07) is 21.6. The molecule has 1 aliphatic carbocycles. The van der Waals surface area contributed by atoms with Crippen LogP contribution in [0.1, 0.15) is 70.5 Å². The topological polar surface area (TPSA) is 29.5 Å². The van der Waals surface area contributed by atoms with E-state index in [-0.39, 0.29) is 24.0 Å². The minimum absolute atomic E-state index is 0.0412. The summed E-state index contributed by atoms with van der Waals surface area (Å²) in [7, 11) is 0. The maximum absolute atomic E-state index is 13.1. The van der Waals surface area contributed by atoms with Gasteiger partial charge in [0.2, 0.25) is 0 Å². The third-order valence-corrected chi connectivity index (χ3v) is 5.85. The van der Waals surface area contributed by atoms with Gasteiger partial charge in [0, 0.05) is 18.6 Å². The van der Waals surface area contributed by atoms with Crippen molar-refractivity contribution < 1.29 is 9.53 Å². The lowest BCUT2D eigenvalue weighted by atomic mass is 9.82. The van der Waals surface area contributed by atoms with Gasteiger partial charge in [-0.1, -0.05) is 73.5 Å². The van der Waals surface area contributed by atoms with Gasteiger partial charge >= 0.3 is 5.97 Å². The fourth-order valence-corrected chi connectivity index (χ4v) is 4.42. The summed E-state index contributed by atoms with van der Waals surface area (Å²) >= 11 is 0. The molecule has 29 heavy (non-hydrogen) atoms. The van der Waals surface area contributed by atoms with Crippen LogP contribution in [0.2, 0.25) is 0 Å². The summed E-state index contributed by atoms with van der Waals surface area (Å²) in [6.45, 7) is 8.96. The molecule has 0 radical (unpaired) electrons. The van der Waals surface area contributed by atoms with Crippen LogP contribution in [0.25, 0.3) is 0 Å². The monoisotopic (exact) mass is 393 g/mol. The van der Waals surface area contributed by atoms with Crippen LogP contribution >= 0.6 is 0 Å². The number of nitrogens with zero attached hydrogens (tertiary/aromatic N) is 1. The van der Waals surface area contributed by atoms with E-state index >= 15 is 0 Å². The molecule has 0 bridgehead atoms. The highest BCUT2D eigenvalue weighted by molar-refractivity contribution is 5.74.